The number of nitrogens with one attached hydrogen (secondary N) is 2. The lowest BCUT2D eigenvalue weighted by molar-refractivity contribution is -0.120. The van der Waals surface area contributed by atoms with Gasteiger partial charge in [-0.3, -0.25) is 4.79 Å². The molecule has 1 amide bonds. The first kappa shape index (κ1) is 12.0. The molecular weight excluding hydrogens is 190 g/mol. The van der Waals surface area contributed by atoms with Crippen molar-refractivity contribution >= 4 is 5.91 Å². The van der Waals surface area contributed by atoms with Crippen molar-refractivity contribution in [3.8, 4) is 11.8 Å². The number of carbonyl (C=O) groups is 1. The summed E-state index contributed by atoms with van der Waals surface area (Å²) in [5, 5.41) is 6.33. The van der Waals surface area contributed by atoms with Gasteiger partial charge < -0.3 is 16.4 Å². The first-order valence-corrected chi connectivity index (χ1v) is 5.50. The molecule has 0 spiro atoms. The second kappa shape index (κ2) is 7.27. The molecule has 0 radical (unpaired) electrons. The molecule has 4 heteroatoms. The highest BCUT2D eigenvalue weighted by Gasteiger charge is 2.13. The minimum Gasteiger partial charge on any atom is -0.368 e. The van der Waals surface area contributed by atoms with E-state index in [1.807, 2.05) is 0 Å². The van der Waals surface area contributed by atoms with E-state index in [-0.39, 0.29) is 11.9 Å². The van der Waals surface area contributed by atoms with Crippen LogP contribution < -0.4 is 16.4 Å². The normalized spacial score (nSPS) is 24.1. The van der Waals surface area contributed by atoms with Gasteiger partial charge in [0, 0.05) is 19.5 Å². The molecule has 84 valence electrons. The Balaban J connectivity index is 2.38. The summed E-state index contributed by atoms with van der Waals surface area (Å²) in [4.78, 5) is 11.1. The predicted octanol–water partition coefficient (Wildman–Crippen LogP) is -0.403. The van der Waals surface area contributed by atoms with Crippen molar-refractivity contribution in [1.82, 2.24) is 10.6 Å². The van der Waals surface area contributed by atoms with Crippen molar-refractivity contribution in [2.45, 2.75) is 31.7 Å². The molecule has 1 atom stereocenters. The first-order chi connectivity index (χ1) is 7.30. The Morgan fingerprint density at radius 1 is 1.27 bits per heavy atom. The quantitative estimate of drug-likeness (QED) is 0.515. The van der Waals surface area contributed by atoms with Gasteiger partial charge in [-0.05, 0) is 12.8 Å². The van der Waals surface area contributed by atoms with Crippen molar-refractivity contribution in [2.75, 3.05) is 19.6 Å². The van der Waals surface area contributed by atoms with Crippen LogP contribution in [-0.4, -0.2) is 31.6 Å². The van der Waals surface area contributed by atoms with Crippen molar-refractivity contribution in [3.05, 3.63) is 0 Å². The lowest BCUT2D eigenvalue weighted by Crippen LogP contribution is -2.43. The average molecular weight is 209 g/mol. The van der Waals surface area contributed by atoms with E-state index in [0.717, 1.165) is 45.3 Å². The van der Waals surface area contributed by atoms with Gasteiger partial charge >= 0.3 is 0 Å². The van der Waals surface area contributed by atoms with E-state index < -0.39 is 0 Å². The van der Waals surface area contributed by atoms with E-state index in [1.54, 1.807) is 0 Å². The summed E-state index contributed by atoms with van der Waals surface area (Å²) in [5.41, 5.74) is 5.30. The van der Waals surface area contributed by atoms with Gasteiger partial charge in [0.2, 0.25) is 5.91 Å². The molecule has 4 N–H and O–H groups in total. The minimum absolute atomic E-state index is 0.181. The molecule has 0 saturated carbocycles. The molecule has 1 aliphatic rings. The maximum absolute atomic E-state index is 11.1. The van der Waals surface area contributed by atoms with Crippen LogP contribution in [0.3, 0.4) is 0 Å². The maximum atomic E-state index is 11.1. The van der Waals surface area contributed by atoms with Gasteiger partial charge in [-0.1, -0.05) is 12.3 Å². The van der Waals surface area contributed by atoms with Gasteiger partial charge in [-0.25, -0.2) is 0 Å². The lowest BCUT2D eigenvalue weighted by Gasteiger charge is -2.15. The van der Waals surface area contributed by atoms with Crippen LogP contribution in [0.5, 0.6) is 0 Å². The zero-order valence-electron chi connectivity index (χ0n) is 9.01. The molecule has 0 bridgehead atoms. The van der Waals surface area contributed by atoms with Crippen LogP contribution >= 0.6 is 0 Å². The summed E-state index contributed by atoms with van der Waals surface area (Å²) in [6.07, 6.45) is 3.77. The third kappa shape index (κ3) is 5.40. The molecule has 0 aliphatic carbocycles. The second-order valence-corrected chi connectivity index (χ2v) is 3.69. The van der Waals surface area contributed by atoms with Crippen LogP contribution in [0.4, 0.5) is 0 Å². The Morgan fingerprint density at radius 3 is 2.93 bits per heavy atom. The molecule has 0 aromatic rings. The monoisotopic (exact) mass is 209 g/mol. The van der Waals surface area contributed by atoms with Crippen LogP contribution in [0.1, 0.15) is 25.7 Å². The number of nitrogens with two attached hydrogens (primary N) is 1. The Bertz CT molecular complexity index is 254. The molecule has 4 nitrogen and oxygen atoms in total. The molecule has 15 heavy (non-hydrogen) atoms. The number of primary amides is 1. The summed E-state index contributed by atoms with van der Waals surface area (Å²) >= 11 is 0. The number of rotatable bonds is 1. The Morgan fingerprint density at radius 2 is 2.13 bits per heavy atom. The first-order valence-electron chi connectivity index (χ1n) is 5.50. The van der Waals surface area contributed by atoms with E-state index in [1.165, 1.54) is 0 Å². The van der Waals surface area contributed by atoms with E-state index in [2.05, 4.69) is 22.5 Å². The van der Waals surface area contributed by atoms with Crippen molar-refractivity contribution in [1.29, 1.82) is 0 Å². The van der Waals surface area contributed by atoms with Crippen LogP contribution in [0.15, 0.2) is 0 Å². The van der Waals surface area contributed by atoms with Crippen molar-refractivity contribution in [2.24, 2.45) is 5.73 Å². The van der Waals surface area contributed by atoms with Crippen LogP contribution in [0.2, 0.25) is 0 Å². The number of carbonyl (C=O) groups excluding carboxylic acids is 1. The standard InChI is InChI=1S/C11H19N3O/c12-11(15)10-6-4-2-1-3-5-7-13-8-9-14-10/h10,13-14H,1-2,4,6-9H2,(H2,12,15). The zero-order chi connectivity index (χ0) is 10.9. The molecule has 0 fully saturated rings. The number of hydrogen-bond acceptors (Lipinski definition) is 3. The molecule has 1 heterocycles. The highest BCUT2D eigenvalue weighted by Crippen LogP contribution is 2.03. The summed E-state index contributed by atoms with van der Waals surface area (Å²) in [7, 11) is 0. The van der Waals surface area contributed by atoms with Gasteiger partial charge in [0.15, 0.2) is 0 Å². The van der Waals surface area contributed by atoms with E-state index in [0.29, 0.717) is 0 Å². The minimum atomic E-state index is -0.252. The summed E-state index contributed by atoms with van der Waals surface area (Å²) in [5.74, 6) is 5.90. The van der Waals surface area contributed by atoms with Crippen LogP contribution in [0.25, 0.3) is 0 Å². The molecule has 0 aromatic heterocycles. The SMILES string of the molecule is NC(=O)C1CCCCC#CCNCCN1. The Kier molecular flexibility index (Phi) is 5.83. The molecule has 1 rings (SSSR count). The fourth-order valence-corrected chi connectivity index (χ4v) is 1.54. The molecule has 1 unspecified atom stereocenters. The second-order valence-electron chi connectivity index (χ2n) is 3.69. The van der Waals surface area contributed by atoms with Gasteiger partial charge in [0.05, 0.1) is 12.6 Å². The van der Waals surface area contributed by atoms with Crippen LogP contribution in [0, 0.1) is 11.8 Å². The molecule has 1 aliphatic heterocycles. The van der Waals surface area contributed by atoms with Crippen molar-refractivity contribution in [3.63, 3.8) is 0 Å². The average Bonchev–Trinajstić information content (AvgIpc) is 2.18. The summed E-state index contributed by atoms with van der Waals surface area (Å²) in [6, 6.07) is -0.181. The van der Waals surface area contributed by atoms with E-state index in [4.69, 9.17) is 5.73 Å². The number of amides is 1. The van der Waals surface area contributed by atoms with Gasteiger partial charge in [0.1, 0.15) is 0 Å². The van der Waals surface area contributed by atoms with Crippen LogP contribution in [-0.2, 0) is 4.79 Å². The zero-order valence-corrected chi connectivity index (χ0v) is 9.01. The fourth-order valence-electron chi connectivity index (χ4n) is 1.54. The van der Waals surface area contributed by atoms with Gasteiger partial charge in [-0.2, -0.15) is 0 Å². The smallest absolute Gasteiger partial charge is 0.234 e. The highest BCUT2D eigenvalue weighted by atomic mass is 16.1. The highest BCUT2D eigenvalue weighted by molar-refractivity contribution is 5.79. The third-order valence-electron chi connectivity index (χ3n) is 2.42. The largest absolute Gasteiger partial charge is 0.368 e. The lowest BCUT2D eigenvalue weighted by atomic mass is 10.1. The van der Waals surface area contributed by atoms with E-state index >= 15 is 0 Å². The van der Waals surface area contributed by atoms with Gasteiger partial charge in [-0.15, -0.1) is 5.92 Å². The number of hydrogen-bond donors (Lipinski definition) is 3. The van der Waals surface area contributed by atoms with E-state index in [9.17, 15) is 4.79 Å². The predicted molar refractivity (Wildman–Crippen MR) is 60.1 cm³/mol. The molecular formula is C11H19N3O. The van der Waals surface area contributed by atoms with Gasteiger partial charge in [0.25, 0.3) is 0 Å². The topological polar surface area (TPSA) is 67.2 Å². The third-order valence-corrected chi connectivity index (χ3v) is 2.42. The summed E-state index contributed by atoms with van der Waals surface area (Å²) < 4.78 is 0. The maximum Gasteiger partial charge on any atom is 0.234 e. The fraction of sp³-hybridized carbons (Fsp3) is 0.727. The molecule has 0 saturated heterocycles. The Labute approximate surface area is 91.0 Å². The summed E-state index contributed by atoms with van der Waals surface area (Å²) in [6.45, 7) is 2.30. The molecule has 0 aromatic carbocycles. The van der Waals surface area contributed by atoms with Crippen molar-refractivity contribution < 1.29 is 4.79 Å². The Hall–Kier alpha value is -1.05.